The van der Waals surface area contributed by atoms with E-state index in [1.165, 1.54) is 11.8 Å². The highest BCUT2D eigenvalue weighted by atomic mass is 32.2. The van der Waals surface area contributed by atoms with Gasteiger partial charge in [0.1, 0.15) is 5.75 Å². The second kappa shape index (κ2) is 7.44. The molecule has 3 rings (SSSR count). The van der Waals surface area contributed by atoms with Gasteiger partial charge in [-0.25, -0.2) is 4.98 Å². The Morgan fingerprint density at radius 2 is 2.09 bits per heavy atom. The zero-order chi connectivity index (χ0) is 16.1. The summed E-state index contributed by atoms with van der Waals surface area (Å²) in [5.41, 5.74) is 1.64. The molecule has 0 fully saturated rings. The van der Waals surface area contributed by atoms with Crippen LogP contribution in [-0.2, 0) is 0 Å². The standard InChI is InChI=1S/C18H15NO2S2/c1-2-21-14-8-9-15-17(12-14)23-18(19-15)22-11-10-16(20)13-6-4-3-5-7-13/h3-12H,2H2,1H3. The molecular weight excluding hydrogens is 326 g/mol. The average molecular weight is 341 g/mol. The molecule has 0 spiro atoms. The fourth-order valence-electron chi connectivity index (χ4n) is 2.04. The number of allylic oxidation sites excluding steroid dienone is 1. The lowest BCUT2D eigenvalue weighted by atomic mass is 10.1. The number of carbonyl (C=O) groups is 1. The molecule has 0 amide bonds. The largest absolute Gasteiger partial charge is 0.494 e. The van der Waals surface area contributed by atoms with Crippen molar-refractivity contribution in [1.82, 2.24) is 4.98 Å². The van der Waals surface area contributed by atoms with Crippen LogP contribution in [0.25, 0.3) is 10.2 Å². The molecule has 23 heavy (non-hydrogen) atoms. The van der Waals surface area contributed by atoms with Gasteiger partial charge in [-0.05, 0) is 36.6 Å². The normalized spacial score (nSPS) is 11.2. The van der Waals surface area contributed by atoms with Crippen molar-refractivity contribution in [3.8, 4) is 5.75 Å². The van der Waals surface area contributed by atoms with Crippen LogP contribution in [0.3, 0.4) is 0 Å². The van der Waals surface area contributed by atoms with Crippen LogP contribution in [0, 0.1) is 0 Å². The van der Waals surface area contributed by atoms with Gasteiger partial charge in [0.05, 0.1) is 16.8 Å². The summed E-state index contributed by atoms with van der Waals surface area (Å²) >= 11 is 3.05. The summed E-state index contributed by atoms with van der Waals surface area (Å²) in [4.78, 5) is 16.5. The number of hydrogen-bond donors (Lipinski definition) is 0. The van der Waals surface area contributed by atoms with Gasteiger partial charge in [-0.2, -0.15) is 0 Å². The Labute approximate surface area is 143 Å². The molecule has 3 aromatic rings. The van der Waals surface area contributed by atoms with Gasteiger partial charge in [0.25, 0.3) is 0 Å². The SMILES string of the molecule is CCOc1ccc2nc(SC=CC(=O)c3ccccc3)sc2c1. The van der Waals surface area contributed by atoms with Gasteiger partial charge in [0.2, 0.25) is 0 Å². The van der Waals surface area contributed by atoms with Gasteiger partial charge in [0, 0.05) is 5.56 Å². The first-order chi connectivity index (χ1) is 11.3. The van der Waals surface area contributed by atoms with E-state index in [1.807, 2.05) is 55.5 Å². The molecule has 5 heteroatoms. The van der Waals surface area contributed by atoms with Crippen LogP contribution in [0.1, 0.15) is 17.3 Å². The molecule has 0 N–H and O–H groups in total. The van der Waals surface area contributed by atoms with Crippen molar-refractivity contribution in [2.75, 3.05) is 6.61 Å². The van der Waals surface area contributed by atoms with E-state index in [0.29, 0.717) is 12.2 Å². The van der Waals surface area contributed by atoms with Crippen molar-refractivity contribution in [2.24, 2.45) is 0 Å². The van der Waals surface area contributed by atoms with Gasteiger partial charge < -0.3 is 4.74 Å². The second-order valence-electron chi connectivity index (χ2n) is 4.69. The third-order valence-electron chi connectivity index (χ3n) is 3.10. The van der Waals surface area contributed by atoms with Crippen LogP contribution < -0.4 is 4.74 Å². The number of rotatable bonds is 6. The highest BCUT2D eigenvalue weighted by molar-refractivity contribution is 8.03. The Balaban J connectivity index is 1.69. The number of benzene rings is 2. The number of carbonyl (C=O) groups excluding carboxylic acids is 1. The quantitative estimate of drug-likeness (QED) is 0.352. The monoisotopic (exact) mass is 341 g/mol. The summed E-state index contributed by atoms with van der Waals surface area (Å²) in [6.07, 6.45) is 1.58. The minimum atomic E-state index is -0.00200. The third-order valence-corrected chi connectivity index (χ3v) is 5.01. The van der Waals surface area contributed by atoms with Crippen LogP contribution in [0.5, 0.6) is 5.75 Å². The van der Waals surface area contributed by atoms with E-state index in [2.05, 4.69) is 4.98 Å². The number of hydrogen-bond acceptors (Lipinski definition) is 5. The Bertz CT molecular complexity index is 841. The molecule has 0 aliphatic carbocycles. The lowest BCUT2D eigenvalue weighted by molar-refractivity contribution is 0.104. The molecule has 0 unspecified atom stereocenters. The fourth-order valence-corrected chi connectivity index (χ4v) is 3.86. The number of ether oxygens (including phenoxy) is 1. The third kappa shape index (κ3) is 4.00. The fraction of sp³-hybridized carbons (Fsp3) is 0.111. The molecule has 2 aromatic carbocycles. The van der Waals surface area contributed by atoms with Crippen molar-refractivity contribution < 1.29 is 9.53 Å². The van der Waals surface area contributed by atoms with Crippen LogP contribution in [0.4, 0.5) is 0 Å². The second-order valence-corrected chi connectivity index (χ2v) is 6.88. The van der Waals surface area contributed by atoms with Gasteiger partial charge in [-0.15, -0.1) is 11.3 Å². The van der Waals surface area contributed by atoms with Crippen molar-refractivity contribution in [3.63, 3.8) is 0 Å². The topological polar surface area (TPSA) is 39.2 Å². The van der Waals surface area contributed by atoms with E-state index in [0.717, 1.165) is 20.3 Å². The van der Waals surface area contributed by atoms with Crippen molar-refractivity contribution in [2.45, 2.75) is 11.3 Å². The Hall–Kier alpha value is -2.11. The summed E-state index contributed by atoms with van der Waals surface area (Å²) < 4.78 is 7.49. The number of aromatic nitrogens is 1. The highest BCUT2D eigenvalue weighted by Crippen LogP contribution is 2.32. The van der Waals surface area contributed by atoms with Gasteiger partial charge in [-0.1, -0.05) is 42.1 Å². The molecular formula is C18H15NO2S2. The maximum absolute atomic E-state index is 12.0. The lowest BCUT2D eigenvalue weighted by Crippen LogP contribution is -1.92. The molecule has 0 saturated heterocycles. The predicted octanol–water partition coefficient (Wildman–Crippen LogP) is 5.18. The molecule has 3 nitrogen and oxygen atoms in total. The average Bonchev–Trinajstić information content (AvgIpc) is 2.98. The first-order valence-corrected chi connectivity index (χ1v) is 8.92. The zero-order valence-electron chi connectivity index (χ0n) is 12.6. The van der Waals surface area contributed by atoms with Crippen molar-refractivity contribution in [3.05, 3.63) is 65.6 Å². The van der Waals surface area contributed by atoms with Gasteiger partial charge in [-0.3, -0.25) is 4.79 Å². The molecule has 0 aliphatic rings. The molecule has 116 valence electrons. The molecule has 0 saturated carbocycles. The Kier molecular flexibility index (Phi) is 5.10. The van der Waals surface area contributed by atoms with E-state index in [-0.39, 0.29) is 5.78 Å². The maximum Gasteiger partial charge on any atom is 0.186 e. The first-order valence-electron chi connectivity index (χ1n) is 7.22. The molecule has 0 atom stereocenters. The van der Waals surface area contributed by atoms with Crippen LogP contribution in [0.15, 0.2) is 64.4 Å². The minimum Gasteiger partial charge on any atom is -0.494 e. The molecule has 0 aliphatic heterocycles. The van der Waals surface area contributed by atoms with E-state index >= 15 is 0 Å². The summed E-state index contributed by atoms with van der Waals surface area (Å²) in [5.74, 6) is 0.854. The highest BCUT2D eigenvalue weighted by Gasteiger charge is 2.05. The number of thioether (sulfide) groups is 1. The summed E-state index contributed by atoms with van der Waals surface area (Å²) in [7, 11) is 0. The van der Waals surface area contributed by atoms with Crippen LogP contribution in [-0.4, -0.2) is 17.4 Å². The van der Waals surface area contributed by atoms with Gasteiger partial charge >= 0.3 is 0 Å². The van der Waals surface area contributed by atoms with Crippen LogP contribution >= 0.6 is 23.1 Å². The maximum atomic E-state index is 12.0. The number of ketones is 1. The Morgan fingerprint density at radius 1 is 1.26 bits per heavy atom. The number of nitrogens with zero attached hydrogens (tertiary/aromatic N) is 1. The van der Waals surface area contributed by atoms with E-state index < -0.39 is 0 Å². The molecule has 0 bridgehead atoms. The summed E-state index contributed by atoms with van der Waals surface area (Å²) in [5, 5.41) is 1.79. The number of thiazole rings is 1. The number of fused-ring (bicyclic) bond motifs is 1. The van der Waals surface area contributed by atoms with E-state index in [4.69, 9.17) is 4.74 Å². The van der Waals surface area contributed by atoms with Gasteiger partial charge in [0.15, 0.2) is 10.1 Å². The first kappa shape index (κ1) is 15.8. The van der Waals surface area contributed by atoms with E-state index in [9.17, 15) is 4.79 Å². The minimum absolute atomic E-state index is 0.00200. The lowest BCUT2D eigenvalue weighted by Gasteiger charge is -2.00. The van der Waals surface area contributed by atoms with Crippen LogP contribution in [0.2, 0.25) is 0 Å². The van der Waals surface area contributed by atoms with Crippen molar-refractivity contribution >= 4 is 39.1 Å². The predicted molar refractivity (Wildman–Crippen MR) is 96.6 cm³/mol. The van der Waals surface area contributed by atoms with E-state index in [1.54, 1.807) is 22.8 Å². The molecule has 1 aromatic heterocycles. The molecule has 1 heterocycles. The smallest absolute Gasteiger partial charge is 0.186 e. The summed E-state index contributed by atoms with van der Waals surface area (Å²) in [6.45, 7) is 2.61. The summed E-state index contributed by atoms with van der Waals surface area (Å²) in [6, 6.07) is 15.1. The molecule has 0 radical (unpaired) electrons. The Morgan fingerprint density at radius 3 is 2.87 bits per heavy atom. The zero-order valence-corrected chi connectivity index (χ0v) is 14.2. The van der Waals surface area contributed by atoms with Crippen molar-refractivity contribution in [1.29, 1.82) is 0 Å².